The smallest absolute Gasteiger partial charge is 0.239 e. The fourth-order valence-electron chi connectivity index (χ4n) is 3.53. The highest BCUT2D eigenvalue weighted by Gasteiger charge is 2.27. The van der Waals surface area contributed by atoms with E-state index in [1.54, 1.807) is 0 Å². The molecule has 0 radical (unpaired) electrons. The second-order valence-electron chi connectivity index (χ2n) is 8.06. The number of amides is 1. The van der Waals surface area contributed by atoms with Crippen LogP contribution in [0, 0.1) is 12.8 Å². The second kappa shape index (κ2) is 11.4. The lowest BCUT2D eigenvalue weighted by Gasteiger charge is -2.36. The summed E-state index contributed by atoms with van der Waals surface area (Å²) in [6.45, 7) is 10.4. The minimum atomic E-state index is -0.383. The molecule has 8 heteroatoms. The maximum Gasteiger partial charge on any atom is 0.239 e. The summed E-state index contributed by atoms with van der Waals surface area (Å²) in [5.74, 6) is 1.63. The first kappa shape index (κ1) is 24.3. The molecule has 1 saturated heterocycles. The molecule has 1 aromatic heterocycles. The van der Waals surface area contributed by atoms with Crippen molar-refractivity contribution in [1.82, 2.24) is 19.9 Å². The summed E-state index contributed by atoms with van der Waals surface area (Å²) in [5, 5.41) is 4.09. The second-order valence-corrected chi connectivity index (χ2v) is 8.06. The topological polar surface area (TPSA) is 88.5 Å². The van der Waals surface area contributed by atoms with Gasteiger partial charge in [-0.15, -0.1) is 12.4 Å². The fourth-order valence-corrected chi connectivity index (χ4v) is 3.53. The number of aryl methyl sites for hydroxylation is 2. The highest BCUT2D eigenvalue weighted by molar-refractivity contribution is 5.85. The molecule has 1 aliphatic rings. The van der Waals surface area contributed by atoms with Gasteiger partial charge < -0.3 is 15.2 Å². The Morgan fingerprint density at radius 3 is 2.50 bits per heavy atom. The number of halogens is 1. The molecule has 1 aromatic carbocycles. The Kier molecular flexibility index (Phi) is 9.27. The summed E-state index contributed by atoms with van der Waals surface area (Å²) in [6, 6.07) is 7.74. The van der Waals surface area contributed by atoms with Crippen LogP contribution < -0.4 is 5.73 Å². The van der Waals surface area contributed by atoms with Crippen molar-refractivity contribution >= 4 is 18.3 Å². The van der Waals surface area contributed by atoms with Gasteiger partial charge in [0.2, 0.25) is 17.6 Å². The predicted molar refractivity (Wildman–Crippen MR) is 120 cm³/mol. The third-order valence-electron chi connectivity index (χ3n) is 5.87. The predicted octanol–water partition coefficient (Wildman–Crippen LogP) is 2.92. The molecule has 30 heavy (non-hydrogen) atoms. The molecular weight excluding hydrogens is 402 g/mol. The van der Waals surface area contributed by atoms with Crippen LogP contribution in [0.2, 0.25) is 0 Å². The van der Waals surface area contributed by atoms with Crippen molar-refractivity contribution in [3.63, 3.8) is 0 Å². The summed E-state index contributed by atoms with van der Waals surface area (Å²) in [7, 11) is 0. The molecule has 1 fully saturated rings. The molecule has 0 spiro atoms. The average molecular weight is 436 g/mol. The molecule has 2 N–H and O–H groups in total. The van der Waals surface area contributed by atoms with E-state index in [0.29, 0.717) is 11.7 Å². The first-order chi connectivity index (χ1) is 14.0. The van der Waals surface area contributed by atoms with Gasteiger partial charge in [-0.25, -0.2) is 0 Å². The Bertz CT molecular complexity index is 787. The standard InChI is InChI=1S/C22H33N5O2.ClH/c1-4-17(3)20(23)22(28)27-14-12-26(13-15-27)11-5-6-19-24-21(25-29-19)18-9-7-16(2)8-10-18;/h7-10,17,20H,4-6,11-15,23H2,1-3H3;1H. The number of piperazine rings is 1. The molecule has 0 saturated carbocycles. The third kappa shape index (κ3) is 6.27. The molecule has 2 atom stereocenters. The van der Waals surface area contributed by atoms with E-state index >= 15 is 0 Å². The molecule has 2 heterocycles. The molecule has 166 valence electrons. The van der Waals surface area contributed by atoms with Gasteiger partial charge in [-0.05, 0) is 25.8 Å². The minimum absolute atomic E-state index is 0. The number of nitrogens with zero attached hydrogens (tertiary/aromatic N) is 4. The van der Waals surface area contributed by atoms with Gasteiger partial charge >= 0.3 is 0 Å². The number of hydrogen-bond donors (Lipinski definition) is 1. The zero-order chi connectivity index (χ0) is 20.8. The SMILES string of the molecule is CCC(C)C(N)C(=O)N1CCN(CCCc2nc(-c3ccc(C)cc3)no2)CC1.Cl. The maximum atomic E-state index is 12.5. The number of carbonyl (C=O) groups excluding carboxylic acids is 1. The van der Waals surface area contributed by atoms with Gasteiger partial charge in [0.15, 0.2) is 0 Å². The van der Waals surface area contributed by atoms with Crippen LogP contribution in [0.1, 0.15) is 38.1 Å². The molecule has 3 rings (SSSR count). The summed E-state index contributed by atoms with van der Waals surface area (Å²) < 4.78 is 5.40. The summed E-state index contributed by atoms with van der Waals surface area (Å²) >= 11 is 0. The minimum Gasteiger partial charge on any atom is -0.339 e. The van der Waals surface area contributed by atoms with Crippen LogP contribution in [-0.4, -0.2) is 64.6 Å². The molecule has 2 unspecified atom stereocenters. The van der Waals surface area contributed by atoms with Crippen molar-refractivity contribution in [2.75, 3.05) is 32.7 Å². The lowest BCUT2D eigenvalue weighted by atomic mass is 9.98. The van der Waals surface area contributed by atoms with Gasteiger partial charge in [0, 0.05) is 38.2 Å². The van der Waals surface area contributed by atoms with E-state index in [1.807, 2.05) is 36.1 Å². The Morgan fingerprint density at radius 2 is 1.87 bits per heavy atom. The van der Waals surface area contributed by atoms with E-state index in [0.717, 1.165) is 57.5 Å². The lowest BCUT2D eigenvalue weighted by Crippen LogP contribution is -2.54. The van der Waals surface area contributed by atoms with Gasteiger partial charge in [-0.3, -0.25) is 9.69 Å². The van der Waals surface area contributed by atoms with E-state index in [4.69, 9.17) is 10.3 Å². The Labute approximate surface area is 185 Å². The maximum absolute atomic E-state index is 12.5. The van der Waals surface area contributed by atoms with Crippen molar-refractivity contribution in [2.45, 2.75) is 46.1 Å². The van der Waals surface area contributed by atoms with Gasteiger partial charge in [0.1, 0.15) is 0 Å². The van der Waals surface area contributed by atoms with Crippen LogP contribution in [0.25, 0.3) is 11.4 Å². The largest absolute Gasteiger partial charge is 0.339 e. The van der Waals surface area contributed by atoms with Crippen molar-refractivity contribution < 1.29 is 9.32 Å². The molecular formula is C22H34ClN5O2. The molecule has 2 aromatic rings. The highest BCUT2D eigenvalue weighted by Crippen LogP contribution is 2.17. The number of aromatic nitrogens is 2. The van der Waals surface area contributed by atoms with Crippen LogP contribution in [0.3, 0.4) is 0 Å². The van der Waals surface area contributed by atoms with Gasteiger partial charge in [-0.1, -0.05) is 55.3 Å². The van der Waals surface area contributed by atoms with E-state index in [-0.39, 0.29) is 30.3 Å². The number of nitrogens with two attached hydrogens (primary N) is 1. The van der Waals surface area contributed by atoms with Crippen LogP contribution in [0.4, 0.5) is 0 Å². The van der Waals surface area contributed by atoms with E-state index in [1.165, 1.54) is 5.56 Å². The highest BCUT2D eigenvalue weighted by atomic mass is 35.5. The Balaban J connectivity index is 0.00000320. The van der Waals surface area contributed by atoms with Crippen LogP contribution in [0.15, 0.2) is 28.8 Å². The van der Waals surface area contributed by atoms with E-state index in [9.17, 15) is 4.79 Å². The van der Waals surface area contributed by atoms with Crippen LogP contribution in [0.5, 0.6) is 0 Å². The van der Waals surface area contributed by atoms with Crippen molar-refractivity contribution in [2.24, 2.45) is 11.7 Å². The average Bonchev–Trinajstić information content (AvgIpc) is 3.22. The first-order valence-corrected chi connectivity index (χ1v) is 10.6. The van der Waals surface area contributed by atoms with Gasteiger partial charge in [-0.2, -0.15) is 4.98 Å². The van der Waals surface area contributed by atoms with Crippen molar-refractivity contribution in [3.8, 4) is 11.4 Å². The molecule has 1 aliphatic heterocycles. The molecule has 1 amide bonds. The van der Waals surface area contributed by atoms with Crippen molar-refractivity contribution in [1.29, 1.82) is 0 Å². The summed E-state index contributed by atoms with van der Waals surface area (Å²) in [5.41, 5.74) is 8.29. The number of carbonyl (C=O) groups is 1. The number of benzene rings is 1. The molecule has 7 nitrogen and oxygen atoms in total. The van der Waals surface area contributed by atoms with Crippen LogP contribution in [-0.2, 0) is 11.2 Å². The lowest BCUT2D eigenvalue weighted by molar-refractivity contribution is -0.135. The summed E-state index contributed by atoms with van der Waals surface area (Å²) in [6.07, 6.45) is 2.64. The molecule has 0 bridgehead atoms. The normalized spacial score (nSPS) is 16.7. The zero-order valence-electron chi connectivity index (χ0n) is 18.2. The van der Waals surface area contributed by atoms with E-state index in [2.05, 4.69) is 28.9 Å². The Hall–Kier alpha value is -1.96. The van der Waals surface area contributed by atoms with Gasteiger partial charge in [0.25, 0.3) is 0 Å². The number of rotatable bonds is 8. The van der Waals surface area contributed by atoms with Crippen molar-refractivity contribution in [3.05, 3.63) is 35.7 Å². The van der Waals surface area contributed by atoms with E-state index < -0.39 is 0 Å². The van der Waals surface area contributed by atoms with Gasteiger partial charge in [0.05, 0.1) is 6.04 Å². The monoisotopic (exact) mass is 435 g/mol. The summed E-state index contributed by atoms with van der Waals surface area (Å²) in [4.78, 5) is 21.3. The fraction of sp³-hybridized carbons (Fsp3) is 0.591. The Morgan fingerprint density at radius 1 is 1.20 bits per heavy atom. The molecule has 0 aliphatic carbocycles. The first-order valence-electron chi connectivity index (χ1n) is 10.6. The third-order valence-corrected chi connectivity index (χ3v) is 5.87. The van der Waals surface area contributed by atoms with Crippen LogP contribution >= 0.6 is 12.4 Å². The number of hydrogen-bond acceptors (Lipinski definition) is 6. The quantitative estimate of drug-likeness (QED) is 0.685. The zero-order valence-corrected chi connectivity index (χ0v) is 19.0.